The molecule has 0 saturated heterocycles. The summed E-state index contributed by atoms with van der Waals surface area (Å²) in [6, 6.07) is 13.1. The molecule has 0 N–H and O–H groups in total. The second-order valence-electron chi connectivity index (χ2n) is 5.70. The Bertz CT molecular complexity index is 600. The first-order valence-corrected chi connectivity index (χ1v) is 9.97. The standard InChI is InChI=1S/C20H26O2.2C2H6/c1-5-6-16-7-9-17(10-8-16)11-12-18-14-19(21-3)15(2)13-20(18)22-4;2*1-2/h7-10,13-14H,5-6,11-12H2,1-4H3;2*1-2H3. The summed E-state index contributed by atoms with van der Waals surface area (Å²) < 4.78 is 10.9. The van der Waals surface area contributed by atoms with Crippen molar-refractivity contribution in [1.82, 2.24) is 0 Å². The van der Waals surface area contributed by atoms with Crippen molar-refractivity contribution in [1.29, 1.82) is 0 Å². The molecule has 2 aromatic rings. The van der Waals surface area contributed by atoms with E-state index in [0.717, 1.165) is 36.3 Å². The quantitative estimate of drug-likeness (QED) is 0.541. The molecule has 0 aromatic heterocycles. The topological polar surface area (TPSA) is 18.5 Å². The van der Waals surface area contributed by atoms with Gasteiger partial charge in [-0.2, -0.15) is 0 Å². The minimum Gasteiger partial charge on any atom is -0.496 e. The molecule has 0 aliphatic rings. The molecule has 0 bridgehead atoms. The first-order chi connectivity index (χ1) is 12.7. The van der Waals surface area contributed by atoms with Crippen LogP contribution in [0.2, 0.25) is 0 Å². The van der Waals surface area contributed by atoms with Crippen LogP contribution in [0, 0.1) is 6.92 Å². The average molecular weight is 359 g/mol. The van der Waals surface area contributed by atoms with Crippen LogP contribution in [-0.2, 0) is 19.3 Å². The summed E-state index contributed by atoms with van der Waals surface area (Å²) in [6.07, 6.45) is 4.31. The van der Waals surface area contributed by atoms with E-state index in [2.05, 4.69) is 43.3 Å². The monoisotopic (exact) mass is 358 g/mol. The third-order valence-corrected chi connectivity index (χ3v) is 4.04. The number of benzene rings is 2. The normalized spacial score (nSPS) is 9.38. The molecule has 0 amide bonds. The Morgan fingerprint density at radius 3 is 1.65 bits per heavy atom. The molecule has 0 radical (unpaired) electrons. The minimum absolute atomic E-state index is 0.925. The zero-order chi connectivity index (χ0) is 19.9. The van der Waals surface area contributed by atoms with Gasteiger partial charge in [-0.1, -0.05) is 65.3 Å². The van der Waals surface area contributed by atoms with Crippen LogP contribution < -0.4 is 9.47 Å². The number of methoxy groups -OCH3 is 2. The van der Waals surface area contributed by atoms with Gasteiger partial charge >= 0.3 is 0 Å². The van der Waals surface area contributed by atoms with E-state index in [0.29, 0.717) is 0 Å². The van der Waals surface area contributed by atoms with Crippen molar-refractivity contribution in [2.24, 2.45) is 0 Å². The van der Waals surface area contributed by atoms with Gasteiger partial charge < -0.3 is 9.47 Å². The molecule has 0 heterocycles. The van der Waals surface area contributed by atoms with Crippen LogP contribution in [0.5, 0.6) is 11.5 Å². The Morgan fingerprint density at radius 2 is 1.19 bits per heavy atom. The summed E-state index contributed by atoms with van der Waals surface area (Å²) in [4.78, 5) is 0. The molecule has 26 heavy (non-hydrogen) atoms. The second-order valence-corrected chi connectivity index (χ2v) is 5.70. The molecule has 0 fully saturated rings. The van der Waals surface area contributed by atoms with Crippen molar-refractivity contribution >= 4 is 0 Å². The first-order valence-electron chi connectivity index (χ1n) is 9.97. The third-order valence-electron chi connectivity index (χ3n) is 4.04. The molecule has 2 aromatic carbocycles. The Morgan fingerprint density at radius 1 is 0.692 bits per heavy atom. The first kappa shape index (κ1) is 24.0. The SMILES string of the molecule is CC.CC.CCCc1ccc(CCc2cc(OC)c(C)cc2OC)cc1. The van der Waals surface area contributed by atoms with Gasteiger partial charge in [0.05, 0.1) is 14.2 Å². The summed E-state index contributed by atoms with van der Waals surface area (Å²) in [7, 11) is 3.44. The Balaban J connectivity index is 0.00000146. The maximum atomic E-state index is 5.51. The van der Waals surface area contributed by atoms with Crippen LogP contribution in [0.3, 0.4) is 0 Å². The molecule has 0 spiro atoms. The van der Waals surface area contributed by atoms with Gasteiger partial charge in [0.2, 0.25) is 0 Å². The van der Waals surface area contributed by atoms with Gasteiger partial charge in [0.25, 0.3) is 0 Å². The highest BCUT2D eigenvalue weighted by Crippen LogP contribution is 2.29. The predicted molar refractivity (Wildman–Crippen MR) is 115 cm³/mol. The predicted octanol–water partition coefficient (Wildman–Crippen LogP) is 6.80. The Labute approximate surface area is 161 Å². The van der Waals surface area contributed by atoms with Crippen molar-refractivity contribution in [3.05, 3.63) is 58.7 Å². The van der Waals surface area contributed by atoms with Gasteiger partial charge in [-0.05, 0) is 60.6 Å². The molecule has 0 aliphatic carbocycles. The summed E-state index contributed by atoms with van der Waals surface area (Å²) in [5, 5.41) is 0. The fourth-order valence-electron chi connectivity index (χ4n) is 2.75. The van der Waals surface area contributed by atoms with Crippen molar-refractivity contribution in [3.63, 3.8) is 0 Å². The largest absolute Gasteiger partial charge is 0.496 e. The molecule has 0 atom stereocenters. The fourth-order valence-corrected chi connectivity index (χ4v) is 2.75. The number of ether oxygens (including phenoxy) is 2. The van der Waals surface area contributed by atoms with Crippen molar-refractivity contribution in [3.8, 4) is 11.5 Å². The van der Waals surface area contributed by atoms with Gasteiger partial charge in [-0.25, -0.2) is 0 Å². The maximum Gasteiger partial charge on any atom is 0.122 e. The van der Waals surface area contributed by atoms with E-state index in [-0.39, 0.29) is 0 Å². The van der Waals surface area contributed by atoms with Gasteiger partial charge in [0, 0.05) is 0 Å². The van der Waals surface area contributed by atoms with Crippen LogP contribution in [0.15, 0.2) is 36.4 Å². The van der Waals surface area contributed by atoms with E-state index in [1.807, 2.05) is 34.6 Å². The molecule has 2 nitrogen and oxygen atoms in total. The minimum atomic E-state index is 0.925. The van der Waals surface area contributed by atoms with E-state index >= 15 is 0 Å². The second kappa shape index (κ2) is 14.2. The lowest BCUT2D eigenvalue weighted by Crippen LogP contribution is -1.98. The number of hydrogen-bond donors (Lipinski definition) is 0. The Hall–Kier alpha value is -1.96. The van der Waals surface area contributed by atoms with E-state index in [4.69, 9.17) is 9.47 Å². The molecule has 0 unspecified atom stereocenters. The van der Waals surface area contributed by atoms with Gasteiger partial charge in [0.1, 0.15) is 11.5 Å². The number of hydrogen-bond acceptors (Lipinski definition) is 2. The summed E-state index contributed by atoms with van der Waals surface area (Å²) in [5.41, 5.74) is 5.08. The third kappa shape index (κ3) is 7.51. The van der Waals surface area contributed by atoms with Crippen LogP contribution in [0.25, 0.3) is 0 Å². The van der Waals surface area contributed by atoms with Gasteiger partial charge in [-0.3, -0.25) is 0 Å². The lowest BCUT2D eigenvalue weighted by Gasteiger charge is -2.13. The molecule has 2 heteroatoms. The lowest BCUT2D eigenvalue weighted by atomic mass is 10.00. The van der Waals surface area contributed by atoms with E-state index in [1.165, 1.54) is 23.1 Å². The molecular weight excluding hydrogens is 320 g/mol. The van der Waals surface area contributed by atoms with E-state index < -0.39 is 0 Å². The fraction of sp³-hybridized carbons (Fsp3) is 0.500. The summed E-state index contributed by atoms with van der Waals surface area (Å²) in [6.45, 7) is 12.3. The molecule has 146 valence electrons. The van der Waals surface area contributed by atoms with E-state index in [1.54, 1.807) is 14.2 Å². The number of aryl methyl sites for hydroxylation is 4. The Kier molecular flexibility index (Phi) is 13.2. The van der Waals surface area contributed by atoms with Gasteiger partial charge in [-0.15, -0.1) is 0 Å². The summed E-state index contributed by atoms with van der Waals surface area (Å²) in [5.74, 6) is 1.87. The van der Waals surface area contributed by atoms with Crippen molar-refractivity contribution in [2.75, 3.05) is 14.2 Å². The van der Waals surface area contributed by atoms with Crippen LogP contribution in [0.4, 0.5) is 0 Å². The zero-order valence-corrected chi connectivity index (χ0v) is 18.1. The average Bonchev–Trinajstić information content (AvgIpc) is 2.71. The maximum absolute atomic E-state index is 5.51. The zero-order valence-electron chi connectivity index (χ0n) is 18.1. The van der Waals surface area contributed by atoms with Crippen LogP contribution in [0.1, 0.15) is 63.3 Å². The van der Waals surface area contributed by atoms with Crippen molar-refractivity contribution < 1.29 is 9.47 Å². The van der Waals surface area contributed by atoms with Crippen molar-refractivity contribution in [2.45, 2.75) is 67.2 Å². The highest BCUT2D eigenvalue weighted by molar-refractivity contribution is 5.46. The molecule has 2 rings (SSSR count). The lowest BCUT2D eigenvalue weighted by molar-refractivity contribution is 0.396. The van der Waals surface area contributed by atoms with E-state index in [9.17, 15) is 0 Å². The molecule has 0 saturated carbocycles. The smallest absolute Gasteiger partial charge is 0.122 e. The highest BCUT2D eigenvalue weighted by atomic mass is 16.5. The molecule has 0 aliphatic heterocycles. The van der Waals surface area contributed by atoms with Crippen LogP contribution in [-0.4, -0.2) is 14.2 Å². The number of rotatable bonds is 7. The van der Waals surface area contributed by atoms with Crippen LogP contribution >= 0.6 is 0 Å². The summed E-state index contributed by atoms with van der Waals surface area (Å²) >= 11 is 0. The van der Waals surface area contributed by atoms with Gasteiger partial charge in [0.15, 0.2) is 0 Å². The molecular formula is C24H38O2. The highest BCUT2D eigenvalue weighted by Gasteiger charge is 2.09.